The number of likely N-dealkylation sites (tertiary alicyclic amines) is 1. The summed E-state index contributed by atoms with van der Waals surface area (Å²) in [6.45, 7) is 6.13. The lowest BCUT2D eigenvalue weighted by atomic mass is 10.0. The minimum absolute atomic E-state index is 0.0875. The highest BCUT2D eigenvalue weighted by Gasteiger charge is 2.31. The standard InChI is InChI=1S/C22H23N3O3S2/c1-13-14(2)30-22-20(13)21(23-12-24-22)29-11-19(26)25-7-3-4-16(25)15-5-6-17-18(10-15)28-9-8-27-17/h5-6,10,12,16H,3-4,7-9,11H2,1-2H3. The molecule has 0 aliphatic carbocycles. The van der Waals surface area contributed by atoms with Gasteiger partial charge in [-0.3, -0.25) is 4.79 Å². The molecule has 4 heterocycles. The molecule has 156 valence electrons. The largest absolute Gasteiger partial charge is 0.486 e. The Morgan fingerprint density at radius 3 is 2.93 bits per heavy atom. The van der Waals surface area contributed by atoms with Crippen LogP contribution in [0.3, 0.4) is 0 Å². The summed E-state index contributed by atoms with van der Waals surface area (Å²) in [4.78, 5) is 26.2. The third kappa shape index (κ3) is 3.52. The lowest BCUT2D eigenvalue weighted by Crippen LogP contribution is -2.32. The summed E-state index contributed by atoms with van der Waals surface area (Å²) in [5.41, 5.74) is 2.32. The Labute approximate surface area is 183 Å². The molecule has 0 bridgehead atoms. The topological polar surface area (TPSA) is 64.6 Å². The Hall–Kier alpha value is -2.32. The van der Waals surface area contributed by atoms with E-state index in [-0.39, 0.29) is 11.9 Å². The number of ether oxygens (including phenoxy) is 2. The van der Waals surface area contributed by atoms with Crippen molar-refractivity contribution >= 4 is 39.2 Å². The molecule has 1 saturated heterocycles. The molecule has 2 aromatic heterocycles. The van der Waals surface area contributed by atoms with E-state index >= 15 is 0 Å². The Morgan fingerprint density at radius 1 is 1.23 bits per heavy atom. The van der Waals surface area contributed by atoms with Crippen molar-refractivity contribution in [3.63, 3.8) is 0 Å². The van der Waals surface area contributed by atoms with Crippen molar-refractivity contribution < 1.29 is 14.3 Å². The number of rotatable bonds is 4. The molecule has 0 radical (unpaired) electrons. The van der Waals surface area contributed by atoms with Gasteiger partial charge in [0.15, 0.2) is 11.5 Å². The highest BCUT2D eigenvalue weighted by molar-refractivity contribution is 8.00. The Morgan fingerprint density at radius 2 is 2.07 bits per heavy atom. The van der Waals surface area contributed by atoms with E-state index in [1.54, 1.807) is 17.7 Å². The van der Waals surface area contributed by atoms with Gasteiger partial charge in [-0.15, -0.1) is 11.3 Å². The fourth-order valence-electron chi connectivity index (χ4n) is 4.15. The number of thiophene rings is 1. The number of carbonyl (C=O) groups is 1. The number of hydrogen-bond donors (Lipinski definition) is 0. The molecule has 30 heavy (non-hydrogen) atoms. The molecule has 5 rings (SSSR count). The number of hydrogen-bond acceptors (Lipinski definition) is 7. The van der Waals surface area contributed by atoms with Gasteiger partial charge in [0.05, 0.1) is 11.8 Å². The first kappa shape index (κ1) is 19.6. The van der Waals surface area contributed by atoms with Crippen LogP contribution in [0.2, 0.25) is 0 Å². The minimum atomic E-state index is 0.0875. The van der Waals surface area contributed by atoms with Gasteiger partial charge in [0.25, 0.3) is 0 Å². The van der Waals surface area contributed by atoms with Gasteiger partial charge >= 0.3 is 0 Å². The number of amides is 1. The third-order valence-corrected chi connectivity index (χ3v) is 7.88. The monoisotopic (exact) mass is 441 g/mol. The molecule has 8 heteroatoms. The van der Waals surface area contributed by atoms with Gasteiger partial charge in [-0.1, -0.05) is 17.8 Å². The van der Waals surface area contributed by atoms with Crippen molar-refractivity contribution in [1.29, 1.82) is 0 Å². The number of thioether (sulfide) groups is 1. The number of benzene rings is 1. The molecule has 0 N–H and O–H groups in total. The molecule has 1 fully saturated rings. The lowest BCUT2D eigenvalue weighted by molar-refractivity contribution is -0.129. The molecule has 6 nitrogen and oxygen atoms in total. The molecule has 2 aliphatic heterocycles. The van der Waals surface area contributed by atoms with E-state index in [1.165, 1.54) is 22.2 Å². The van der Waals surface area contributed by atoms with Gasteiger partial charge in [0.2, 0.25) is 5.91 Å². The van der Waals surface area contributed by atoms with E-state index in [0.717, 1.165) is 51.7 Å². The van der Waals surface area contributed by atoms with Gasteiger partial charge in [-0.25, -0.2) is 9.97 Å². The van der Waals surface area contributed by atoms with Crippen molar-refractivity contribution in [2.24, 2.45) is 0 Å². The number of aryl methyl sites for hydroxylation is 2. The van der Waals surface area contributed by atoms with Crippen LogP contribution in [0.15, 0.2) is 29.6 Å². The van der Waals surface area contributed by atoms with Crippen molar-refractivity contribution in [1.82, 2.24) is 14.9 Å². The summed E-state index contributed by atoms with van der Waals surface area (Å²) in [5, 5.41) is 1.98. The van der Waals surface area contributed by atoms with Crippen molar-refractivity contribution in [2.75, 3.05) is 25.5 Å². The average Bonchev–Trinajstić information content (AvgIpc) is 3.37. The maximum absolute atomic E-state index is 13.1. The maximum atomic E-state index is 13.1. The van der Waals surface area contributed by atoms with Crippen LogP contribution >= 0.6 is 23.1 Å². The second kappa shape index (κ2) is 8.07. The minimum Gasteiger partial charge on any atom is -0.486 e. The molecule has 2 aliphatic rings. The van der Waals surface area contributed by atoms with Crippen LogP contribution < -0.4 is 9.47 Å². The summed E-state index contributed by atoms with van der Waals surface area (Å²) in [6, 6.07) is 6.13. The van der Waals surface area contributed by atoms with Crippen LogP contribution in [0, 0.1) is 13.8 Å². The average molecular weight is 442 g/mol. The SMILES string of the molecule is Cc1sc2ncnc(SCC(=O)N3CCCC3c3ccc4c(c3)OCCO4)c2c1C. The fourth-order valence-corrected chi connectivity index (χ4v) is 6.15. The molecule has 0 spiro atoms. The first-order chi connectivity index (χ1) is 14.6. The number of fused-ring (bicyclic) bond motifs is 2. The van der Waals surface area contributed by atoms with Crippen LogP contribution in [0.1, 0.15) is 34.9 Å². The Kier molecular flexibility index (Phi) is 5.28. The lowest BCUT2D eigenvalue weighted by Gasteiger charge is -2.26. The Bertz CT molecular complexity index is 1110. The molecule has 1 atom stereocenters. The number of nitrogens with zero attached hydrogens (tertiary/aromatic N) is 3. The van der Waals surface area contributed by atoms with Crippen LogP contribution in [0.4, 0.5) is 0 Å². The fraction of sp³-hybridized carbons (Fsp3) is 0.409. The summed E-state index contributed by atoms with van der Waals surface area (Å²) < 4.78 is 11.4. The van der Waals surface area contributed by atoms with Gasteiger partial charge in [0.1, 0.15) is 29.4 Å². The quantitative estimate of drug-likeness (QED) is 0.438. The maximum Gasteiger partial charge on any atom is 0.233 e. The first-order valence-corrected chi connectivity index (χ1v) is 11.9. The van der Waals surface area contributed by atoms with Crippen LogP contribution in [0.25, 0.3) is 10.2 Å². The highest BCUT2D eigenvalue weighted by Crippen LogP contribution is 2.39. The second-order valence-electron chi connectivity index (χ2n) is 7.58. The normalized spacial score (nSPS) is 18.2. The zero-order valence-corrected chi connectivity index (χ0v) is 18.6. The van der Waals surface area contributed by atoms with Gasteiger partial charge in [-0.2, -0.15) is 0 Å². The summed E-state index contributed by atoms with van der Waals surface area (Å²) in [7, 11) is 0. The van der Waals surface area contributed by atoms with Gasteiger partial charge in [-0.05, 0) is 49.9 Å². The first-order valence-electron chi connectivity index (χ1n) is 10.1. The Balaban J connectivity index is 1.33. The molecule has 3 aromatic rings. The molecule has 1 unspecified atom stereocenters. The van der Waals surface area contributed by atoms with Crippen molar-refractivity contribution in [3.05, 3.63) is 40.5 Å². The van der Waals surface area contributed by atoms with E-state index in [9.17, 15) is 4.79 Å². The van der Waals surface area contributed by atoms with Crippen molar-refractivity contribution in [3.8, 4) is 11.5 Å². The number of carbonyl (C=O) groups excluding carboxylic acids is 1. The molecular formula is C22H23N3O3S2. The van der Waals surface area contributed by atoms with E-state index in [0.29, 0.717) is 19.0 Å². The number of aromatic nitrogens is 2. The van der Waals surface area contributed by atoms with Gasteiger partial charge in [0, 0.05) is 16.8 Å². The summed E-state index contributed by atoms with van der Waals surface area (Å²) in [5.74, 6) is 2.08. The van der Waals surface area contributed by atoms with E-state index in [1.807, 2.05) is 17.0 Å². The predicted molar refractivity (Wildman–Crippen MR) is 119 cm³/mol. The smallest absolute Gasteiger partial charge is 0.233 e. The molecular weight excluding hydrogens is 418 g/mol. The van der Waals surface area contributed by atoms with E-state index in [4.69, 9.17) is 9.47 Å². The van der Waals surface area contributed by atoms with Crippen molar-refractivity contribution in [2.45, 2.75) is 37.8 Å². The van der Waals surface area contributed by atoms with Crippen LogP contribution in [0.5, 0.6) is 11.5 Å². The van der Waals surface area contributed by atoms with E-state index in [2.05, 4.69) is 29.9 Å². The molecule has 1 amide bonds. The zero-order chi connectivity index (χ0) is 20.7. The highest BCUT2D eigenvalue weighted by atomic mass is 32.2. The predicted octanol–water partition coefficient (Wildman–Crippen LogP) is 4.54. The van der Waals surface area contributed by atoms with E-state index < -0.39 is 0 Å². The van der Waals surface area contributed by atoms with Crippen LogP contribution in [-0.4, -0.2) is 46.3 Å². The summed E-state index contributed by atoms with van der Waals surface area (Å²) in [6.07, 6.45) is 3.57. The molecule has 1 aromatic carbocycles. The third-order valence-electron chi connectivity index (χ3n) is 5.79. The molecule has 0 saturated carbocycles. The second-order valence-corrected chi connectivity index (χ2v) is 9.75. The summed E-state index contributed by atoms with van der Waals surface area (Å²) >= 11 is 3.19. The van der Waals surface area contributed by atoms with Crippen LogP contribution in [-0.2, 0) is 4.79 Å². The zero-order valence-electron chi connectivity index (χ0n) is 17.0. The van der Waals surface area contributed by atoms with Gasteiger partial charge < -0.3 is 14.4 Å².